The van der Waals surface area contributed by atoms with E-state index in [-0.39, 0.29) is 40.5 Å². The van der Waals surface area contributed by atoms with Crippen molar-refractivity contribution in [3.05, 3.63) is 66.0 Å². The summed E-state index contributed by atoms with van der Waals surface area (Å²) < 4.78 is 36.3. The predicted molar refractivity (Wildman–Crippen MR) is 142 cm³/mol. The summed E-state index contributed by atoms with van der Waals surface area (Å²) in [6.07, 6.45) is 8.47. The molecule has 0 unspecified atom stereocenters. The quantitative estimate of drug-likeness (QED) is 0.202. The smallest absolute Gasteiger partial charge is 0.449 e. The highest BCUT2D eigenvalue weighted by atomic mass is 32.2. The average Bonchev–Trinajstić information content (AvgIpc) is 3.12. The monoisotopic (exact) mass is 540 g/mol. The zero-order valence-corrected chi connectivity index (χ0v) is 22.8. The van der Waals surface area contributed by atoms with Gasteiger partial charge in [0.1, 0.15) is 0 Å². The first-order valence-corrected chi connectivity index (χ1v) is 14.8. The molecule has 0 saturated heterocycles. The molecule has 0 heterocycles. The predicted octanol–water partition coefficient (Wildman–Crippen LogP) is 6.06. The number of rotatable bonds is 6. The summed E-state index contributed by atoms with van der Waals surface area (Å²) in [5.74, 6) is 1.35. The zero-order chi connectivity index (χ0) is 27.2. The molecule has 4 aliphatic carbocycles. The molecule has 1 N–H and O–H groups in total. The van der Waals surface area contributed by atoms with Crippen molar-refractivity contribution in [1.82, 2.24) is 0 Å². The number of fused-ring (bicyclic) bond motifs is 5. The second-order valence-corrected chi connectivity index (χ2v) is 13.4. The molecule has 4 aliphatic rings. The van der Waals surface area contributed by atoms with Gasteiger partial charge in [0.25, 0.3) is 10.1 Å². The molecule has 0 amide bonds. The lowest BCUT2D eigenvalue weighted by Gasteiger charge is -2.55. The summed E-state index contributed by atoms with van der Waals surface area (Å²) in [7, 11) is -3.92. The number of ether oxygens (including phenoxy) is 1. The molecule has 38 heavy (non-hydrogen) atoms. The largest absolute Gasteiger partial charge is 0.510 e. The van der Waals surface area contributed by atoms with Gasteiger partial charge in [-0.25, -0.2) is 4.79 Å². The fourth-order valence-corrected chi connectivity index (χ4v) is 8.92. The second kappa shape index (κ2) is 10.1. The van der Waals surface area contributed by atoms with E-state index in [1.54, 1.807) is 30.3 Å². The molecular formula is C30H36O7S. The van der Waals surface area contributed by atoms with E-state index < -0.39 is 16.3 Å². The van der Waals surface area contributed by atoms with Crippen LogP contribution in [0.4, 0.5) is 4.79 Å². The normalized spacial score (nSPS) is 34.8. The highest BCUT2D eigenvalue weighted by Gasteiger charge is 2.58. The molecule has 5 rings (SSSR count). The van der Waals surface area contributed by atoms with Gasteiger partial charge >= 0.3 is 6.16 Å². The Morgan fingerprint density at radius 1 is 1.21 bits per heavy atom. The number of allylic oxidation sites excluding steroid dienone is 2. The van der Waals surface area contributed by atoms with E-state index in [0.717, 1.165) is 48.8 Å². The maximum absolute atomic E-state index is 13.0. The molecule has 0 radical (unpaired) electrons. The van der Waals surface area contributed by atoms with Crippen LogP contribution in [0.1, 0.15) is 51.0 Å². The summed E-state index contributed by atoms with van der Waals surface area (Å²) in [4.78, 5) is 23.4. The standard InChI is InChI=1S/C30H36O7S/c1-18-4-7-22(8-5-18)38(34,35)37-17-20-15-26-24(23-9-6-21(31)16-25(20)23)10-12-30(3)27(11-13-36-29(32)33)19(2)14-28(26)30/h4-5,7-8,11,13,16,20,23-24,26-28H,2,6,9-10,12,14-15,17H2,1,3H3,(H,32,33)/b13-11-/t20-,23+,24+,26+,27+,28-,30+/m0/s1. The third-order valence-corrected chi connectivity index (χ3v) is 11.0. The molecule has 0 bridgehead atoms. The number of hydrogen-bond donors (Lipinski definition) is 1. The van der Waals surface area contributed by atoms with E-state index in [9.17, 15) is 18.0 Å². The van der Waals surface area contributed by atoms with Gasteiger partial charge in [0.15, 0.2) is 5.78 Å². The Bertz CT molecular complexity index is 1290. The van der Waals surface area contributed by atoms with Crippen LogP contribution in [0.5, 0.6) is 0 Å². The van der Waals surface area contributed by atoms with E-state index in [2.05, 4.69) is 18.2 Å². The number of hydrogen-bond acceptors (Lipinski definition) is 6. The van der Waals surface area contributed by atoms with Crippen LogP contribution in [-0.2, 0) is 23.8 Å². The zero-order valence-electron chi connectivity index (χ0n) is 22.0. The number of carboxylic acid groups (broad SMARTS) is 1. The fourth-order valence-electron chi connectivity index (χ4n) is 7.97. The van der Waals surface area contributed by atoms with E-state index in [1.165, 1.54) is 6.26 Å². The van der Waals surface area contributed by atoms with Gasteiger partial charge in [-0.05, 0) is 92.4 Å². The van der Waals surface area contributed by atoms with Crippen molar-refractivity contribution >= 4 is 22.1 Å². The number of carbonyl (C=O) groups is 2. The van der Waals surface area contributed by atoms with Crippen LogP contribution in [0.15, 0.2) is 65.3 Å². The molecule has 0 aliphatic heterocycles. The Hall–Kier alpha value is -2.71. The minimum absolute atomic E-state index is 0.0225. The Morgan fingerprint density at radius 3 is 2.66 bits per heavy atom. The van der Waals surface area contributed by atoms with Crippen LogP contribution < -0.4 is 0 Å². The third-order valence-electron chi connectivity index (χ3n) is 9.74. The molecule has 1 aromatic rings. The molecule has 204 valence electrons. The van der Waals surface area contributed by atoms with Crippen molar-refractivity contribution in [3.8, 4) is 0 Å². The summed E-state index contributed by atoms with van der Waals surface area (Å²) in [5.41, 5.74) is 3.03. The molecule has 0 spiro atoms. The van der Waals surface area contributed by atoms with Crippen LogP contribution in [-0.4, -0.2) is 32.1 Å². The minimum Gasteiger partial charge on any atom is -0.449 e. The number of ketones is 1. The lowest BCUT2D eigenvalue weighted by atomic mass is 9.49. The molecular weight excluding hydrogens is 504 g/mol. The molecule has 8 heteroatoms. The molecule has 1 aromatic carbocycles. The van der Waals surface area contributed by atoms with Gasteiger partial charge < -0.3 is 9.84 Å². The first kappa shape index (κ1) is 26.9. The van der Waals surface area contributed by atoms with Crippen molar-refractivity contribution in [2.45, 2.75) is 57.3 Å². The lowest BCUT2D eigenvalue weighted by Crippen LogP contribution is -2.49. The van der Waals surface area contributed by atoms with Gasteiger partial charge in [0.2, 0.25) is 0 Å². The van der Waals surface area contributed by atoms with Crippen LogP contribution in [0.25, 0.3) is 0 Å². The van der Waals surface area contributed by atoms with Gasteiger partial charge in [0.05, 0.1) is 17.8 Å². The topological polar surface area (TPSA) is 107 Å². The van der Waals surface area contributed by atoms with E-state index >= 15 is 0 Å². The van der Waals surface area contributed by atoms with Crippen molar-refractivity contribution in [2.24, 2.45) is 40.9 Å². The highest BCUT2D eigenvalue weighted by molar-refractivity contribution is 7.86. The van der Waals surface area contributed by atoms with Crippen molar-refractivity contribution < 1.29 is 32.0 Å². The Balaban J connectivity index is 1.40. The molecule has 3 fully saturated rings. The maximum atomic E-state index is 13.0. The van der Waals surface area contributed by atoms with Gasteiger partial charge in [-0.2, -0.15) is 8.42 Å². The Kier molecular flexibility index (Phi) is 7.16. The number of carbonyl (C=O) groups excluding carboxylic acids is 1. The first-order valence-electron chi connectivity index (χ1n) is 13.4. The Labute approximate surface area is 224 Å². The van der Waals surface area contributed by atoms with Crippen molar-refractivity contribution in [2.75, 3.05) is 6.61 Å². The van der Waals surface area contributed by atoms with Gasteiger partial charge in [-0.3, -0.25) is 8.98 Å². The lowest BCUT2D eigenvalue weighted by molar-refractivity contribution is -0.116. The summed E-state index contributed by atoms with van der Waals surface area (Å²) in [6.45, 7) is 8.54. The molecule has 7 nitrogen and oxygen atoms in total. The second-order valence-electron chi connectivity index (χ2n) is 11.8. The van der Waals surface area contributed by atoms with Crippen LogP contribution in [0.2, 0.25) is 0 Å². The molecule has 0 aromatic heterocycles. The summed E-state index contributed by atoms with van der Waals surface area (Å²) in [5, 5.41) is 8.87. The fraction of sp³-hybridized carbons (Fsp3) is 0.533. The van der Waals surface area contributed by atoms with Crippen LogP contribution in [0, 0.1) is 47.8 Å². The highest BCUT2D eigenvalue weighted by Crippen LogP contribution is 2.65. The minimum atomic E-state index is -3.92. The number of aryl methyl sites for hydroxylation is 1. The van der Waals surface area contributed by atoms with Crippen LogP contribution >= 0.6 is 0 Å². The van der Waals surface area contributed by atoms with Gasteiger partial charge in [0, 0.05) is 18.3 Å². The average molecular weight is 541 g/mol. The van der Waals surface area contributed by atoms with Crippen molar-refractivity contribution in [1.29, 1.82) is 0 Å². The van der Waals surface area contributed by atoms with Crippen LogP contribution in [0.3, 0.4) is 0 Å². The molecule has 7 atom stereocenters. The maximum Gasteiger partial charge on any atom is 0.510 e. The summed E-state index contributed by atoms with van der Waals surface area (Å²) >= 11 is 0. The van der Waals surface area contributed by atoms with Gasteiger partial charge in [-0.1, -0.05) is 42.3 Å². The molecule has 3 saturated carbocycles. The SMILES string of the molecule is C=C1C[C@H]2[C@@H]3C[C@@H](COS(=O)(=O)c4ccc(C)cc4)C4=CC(=O)CC[C@@H]4[C@H]3CC[C@]2(C)[C@@H]1/C=C\OC(=O)O. The van der Waals surface area contributed by atoms with E-state index in [0.29, 0.717) is 24.2 Å². The van der Waals surface area contributed by atoms with Crippen molar-refractivity contribution in [3.63, 3.8) is 0 Å². The number of benzene rings is 1. The summed E-state index contributed by atoms with van der Waals surface area (Å²) in [6, 6.07) is 6.63. The third kappa shape index (κ3) is 4.89. The van der Waals surface area contributed by atoms with E-state index in [1.807, 2.05) is 13.0 Å². The first-order chi connectivity index (χ1) is 18.0. The van der Waals surface area contributed by atoms with E-state index in [4.69, 9.17) is 9.29 Å². The Morgan fingerprint density at radius 2 is 1.95 bits per heavy atom. The van der Waals surface area contributed by atoms with Gasteiger partial charge in [-0.15, -0.1) is 0 Å².